The van der Waals surface area contributed by atoms with Gasteiger partial charge in [-0.15, -0.1) is 16.6 Å². The van der Waals surface area contributed by atoms with Crippen molar-refractivity contribution in [3.8, 4) is 18.1 Å². The van der Waals surface area contributed by atoms with Crippen LogP contribution in [-0.2, 0) is 4.79 Å². The topological polar surface area (TPSA) is 77.2 Å². The Labute approximate surface area is 136 Å². The molecule has 6 nitrogen and oxygen atoms in total. The van der Waals surface area contributed by atoms with Gasteiger partial charge in [0.15, 0.2) is 17.7 Å². The van der Waals surface area contributed by atoms with Gasteiger partial charge in [0.05, 0.1) is 12.3 Å². The molecule has 1 atom stereocenters. The van der Waals surface area contributed by atoms with Gasteiger partial charge in [0.2, 0.25) is 5.91 Å². The van der Waals surface area contributed by atoms with E-state index < -0.39 is 11.9 Å². The molecule has 120 valence electrons. The summed E-state index contributed by atoms with van der Waals surface area (Å²) in [7, 11) is 0. The fourth-order valence-corrected chi connectivity index (χ4v) is 2.15. The molecule has 0 aliphatic carbocycles. The standard InChI is InChI=1S/C15H14FN3O3S/c1-3-8-17-13(20)9-23-15-19-18-14(22-15)10(2)21-12-7-5-4-6-11(12)16/h1,4-7,10H,8-9H2,2H3,(H,17,20)/t10-/m1/s1. The average Bonchev–Trinajstić information content (AvgIpc) is 3.02. The van der Waals surface area contributed by atoms with Crippen LogP contribution in [0.25, 0.3) is 0 Å². The lowest BCUT2D eigenvalue weighted by atomic mass is 10.3. The number of hydrogen-bond donors (Lipinski definition) is 1. The van der Waals surface area contributed by atoms with Crippen LogP contribution in [0, 0.1) is 18.2 Å². The maximum absolute atomic E-state index is 13.5. The van der Waals surface area contributed by atoms with Gasteiger partial charge in [-0.3, -0.25) is 4.79 Å². The largest absolute Gasteiger partial charge is 0.478 e. The number of hydrogen-bond acceptors (Lipinski definition) is 6. The Balaban J connectivity index is 1.90. The van der Waals surface area contributed by atoms with Crippen LogP contribution in [-0.4, -0.2) is 28.4 Å². The van der Waals surface area contributed by atoms with Crippen LogP contribution in [0.4, 0.5) is 4.39 Å². The number of halogens is 1. The van der Waals surface area contributed by atoms with E-state index >= 15 is 0 Å². The summed E-state index contributed by atoms with van der Waals surface area (Å²) in [6.45, 7) is 1.83. The molecular formula is C15H14FN3O3S. The molecule has 2 rings (SSSR count). The molecule has 2 aromatic rings. The van der Waals surface area contributed by atoms with E-state index in [4.69, 9.17) is 15.6 Å². The number of carbonyl (C=O) groups excluding carboxylic acids is 1. The van der Waals surface area contributed by atoms with Crippen molar-refractivity contribution in [2.24, 2.45) is 0 Å². The van der Waals surface area contributed by atoms with E-state index in [1.807, 2.05) is 0 Å². The van der Waals surface area contributed by atoms with E-state index in [2.05, 4.69) is 21.4 Å². The smallest absolute Gasteiger partial charge is 0.277 e. The maximum atomic E-state index is 13.5. The first-order chi connectivity index (χ1) is 11.1. The van der Waals surface area contributed by atoms with Gasteiger partial charge in [0.25, 0.3) is 11.1 Å². The van der Waals surface area contributed by atoms with Crippen molar-refractivity contribution in [3.63, 3.8) is 0 Å². The Morgan fingerprint density at radius 1 is 1.52 bits per heavy atom. The monoisotopic (exact) mass is 335 g/mol. The minimum absolute atomic E-state index is 0.0982. The maximum Gasteiger partial charge on any atom is 0.277 e. The zero-order valence-electron chi connectivity index (χ0n) is 12.3. The number of rotatable bonds is 7. The molecule has 0 saturated carbocycles. The second-order valence-corrected chi connectivity index (χ2v) is 5.29. The number of benzene rings is 1. The molecule has 0 fully saturated rings. The molecule has 1 aromatic carbocycles. The summed E-state index contributed by atoms with van der Waals surface area (Å²) in [6, 6.07) is 6.04. The van der Waals surface area contributed by atoms with E-state index in [0.717, 1.165) is 11.8 Å². The van der Waals surface area contributed by atoms with Gasteiger partial charge in [0.1, 0.15) is 0 Å². The highest BCUT2D eigenvalue weighted by atomic mass is 32.2. The third-order valence-corrected chi connectivity index (χ3v) is 3.44. The molecule has 0 saturated heterocycles. The van der Waals surface area contributed by atoms with Crippen LogP contribution in [0.3, 0.4) is 0 Å². The number of nitrogens with one attached hydrogen (secondary N) is 1. The molecule has 1 aromatic heterocycles. The zero-order valence-corrected chi connectivity index (χ0v) is 13.1. The van der Waals surface area contributed by atoms with Crippen LogP contribution in [0.1, 0.15) is 18.9 Å². The number of terminal acetylenes is 1. The van der Waals surface area contributed by atoms with Gasteiger partial charge in [-0.1, -0.05) is 29.8 Å². The van der Waals surface area contributed by atoms with E-state index in [9.17, 15) is 9.18 Å². The Kier molecular flexibility index (Phi) is 6.00. The summed E-state index contributed by atoms with van der Waals surface area (Å²) < 4.78 is 24.4. The highest BCUT2D eigenvalue weighted by Gasteiger charge is 2.18. The molecule has 0 unspecified atom stereocenters. The fraction of sp³-hybridized carbons (Fsp3) is 0.267. The van der Waals surface area contributed by atoms with Crippen LogP contribution >= 0.6 is 11.8 Å². The molecule has 0 aliphatic heterocycles. The molecule has 1 heterocycles. The Bertz CT molecular complexity index is 714. The first-order valence-corrected chi connectivity index (χ1v) is 7.66. The van der Waals surface area contributed by atoms with E-state index in [0.29, 0.717) is 0 Å². The van der Waals surface area contributed by atoms with Crippen LogP contribution in [0.15, 0.2) is 33.9 Å². The Morgan fingerprint density at radius 2 is 2.30 bits per heavy atom. The van der Waals surface area contributed by atoms with E-state index in [1.54, 1.807) is 19.1 Å². The molecule has 0 spiro atoms. The van der Waals surface area contributed by atoms with Gasteiger partial charge in [-0.25, -0.2) is 4.39 Å². The van der Waals surface area contributed by atoms with Crippen LogP contribution in [0.2, 0.25) is 0 Å². The van der Waals surface area contributed by atoms with Crippen molar-refractivity contribution in [1.82, 2.24) is 15.5 Å². The summed E-state index contributed by atoms with van der Waals surface area (Å²) in [5.74, 6) is 1.99. The zero-order chi connectivity index (χ0) is 16.7. The lowest BCUT2D eigenvalue weighted by molar-refractivity contribution is -0.118. The minimum atomic E-state index is -0.621. The lowest BCUT2D eigenvalue weighted by Gasteiger charge is -2.11. The molecule has 8 heteroatoms. The number of para-hydroxylation sites is 1. The molecule has 1 N–H and O–H groups in total. The quantitative estimate of drug-likeness (QED) is 0.617. The number of amides is 1. The van der Waals surface area contributed by atoms with Crippen LogP contribution in [0.5, 0.6) is 5.75 Å². The third-order valence-electron chi connectivity index (χ3n) is 2.62. The van der Waals surface area contributed by atoms with Crippen molar-refractivity contribution in [3.05, 3.63) is 36.0 Å². The Hall–Kier alpha value is -2.53. The van der Waals surface area contributed by atoms with Gasteiger partial charge in [0, 0.05) is 0 Å². The number of carbonyl (C=O) groups is 1. The normalized spacial score (nSPS) is 11.5. The molecule has 0 bridgehead atoms. The van der Waals surface area contributed by atoms with Gasteiger partial charge in [-0.2, -0.15) is 0 Å². The van der Waals surface area contributed by atoms with Gasteiger partial charge >= 0.3 is 0 Å². The predicted octanol–water partition coefficient (Wildman–Crippen LogP) is 2.19. The second kappa shape index (κ2) is 8.19. The average molecular weight is 335 g/mol. The number of ether oxygens (including phenoxy) is 1. The SMILES string of the molecule is C#CCNC(=O)CSc1nnc([C@@H](C)Oc2ccccc2F)o1. The molecule has 0 aliphatic rings. The van der Waals surface area contributed by atoms with Crippen molar-refractivity contribution >= 4 is 17.7 Å². The van der Waals surface area contributed by atoms with Gasteiger partial charge in [-0.05, 0) is 19.1 Å². The van der Waals surface area contributed by atoms with Crippen molar-refractivity contribution in [2.45, 2.75) is 18.3 Å². The highest BCUT2D eigenvalue weighted by Crippen LogP contribution is 2.25. The third kappa shape index (κ3) is 5.00. The fourth-order valence-electron chi connectivity index (χ4n) is 1.55. The molecule has 0 radical (unpaired) electrons. The summed E-state index contributed by atoms with van der Waals surface area (Å²) in [5, 5.41) is 10.4. The minimum Gasteiger partial charge on any atom is -0.478 e. The first kappa shape index (κ1) is 16.8. The molecular weight excluding hydrogens is 321 g/mol. The summed E-state index contributed by atoms with van der Waals surface area (Å²) >= 11 is 1.08. The Morgan fingerprint density at radius 3 is 3.04 bits per heavy atom. The highest BCUT2D eigenvalue weighted by molar-refractivity contribution is 7.99. The van der Waals surface area contributed by atoms with Crippen LogP contribution < -0.4 is 10.1 Å². The van der Waals surface area contributed by atoms with Crippen molar-refractivity contribution in [1.29, 1.82) is 0 Å². The molecule has 23 heavy (non-hydrogen) atoms. The number of nitrogens with zero attached hydrogens (tertiary/aromatic N) is 2. The summed E-state index contributed by atoms with van der Waals surface area (Å²) in [4.78, 5) is 11.4. The van der Waals surface area contributed by atoms with Gasteiger partial charge < -0.3 is 14.5 Å². The second-order valence-electron chi connectivity index (χ2n) is 4.37. The van der Waals surface area contributed by atoms with E-state index in [1.165, 1.54) is 12.1 Å². The summed E-state index contributed by atoms with van der Waals surface area (Å²) in [6.07, 6.45) is 4.42. The summed E-state index contributed by atoms with van der Waals surface area (Å²) in [5.41, 5.74) is 0. The van der Waals surface area contributed by atoms with E-state index in [-0.39, 0.29) is 35.1 Å². The molecule has 1 amide bonds. The lowest BCUT2D eigenvalue weighted by Crippen LogP contribution is -2.25. The first-order valence-electron chi connectivity index (χ1n) is 6.67. The van der Waals surface area contributed by atoms with Crippen molar-refractivity contribution < 1.29 is 18.3 Å². The predicted molar refractivity (Wildman–Crippen MR) is 82.3 cm³/mol. The number of aromatic nitrogens is 2. The van der Waals surface area contributed by atoms with Crippen molar-refractivity contribution in [2.75, 3.05) is 12.3 Å². The number of thioether (sulfide) groups is 1.